The molecule has 0 saturated heterocycles. The summed E-state index contributed by atoms with van der Waals surface area (Å²) in [4.78, 5) is 0. The third-order valence-electron chi connectivity index (χ3n) is 2.24. The standard InChI is InChI=1S/C11H7F3N4/c12-11(13,14)6-16-10-7-3-1-2-4-8(7)17-18-9(10)5-15/h1-4H,6H2,(H,16,17). The zero-order valence-electron chi connectivity index (χ0n) is 8.99. The summed E-state index contributed by atoms with van der Waals surface area (Å²) in [6.07, 6.45) is -4.36. The van der Waals surface area contributed by atoms with Crippen LogP contribution in [0.25, 0.3) is 10.9 Å². The molecule has 4 nitrogen and oxygen atoms in total. The number of nitriles is 1. The highest BCUT2D eigenvalue weighted by molar-refractivity contribution is 5.92. The molecule has 1 aromatic carbocycles. The maximum absolute atomic E-state index is 12.2. The number of rotatable bonds is 2. The Morgan fingerprint density at radius 1 is 1.22 bits per heavy atom. The molecule has 0 fully saturated rings. The monoisotopic (exact) mass is 252 g/mol. The van der Waals surface area contributed by atoms with Crippen LogP contribution in [0.2, 0.25) is 0 Å². The number of nitrogens with one attached hydrogen (secondary N) is 1. The number of hydrogen-bond acceptors (Lipinski definition) is 4. The van der Waals surface area contributed by atoms with Crippen LogP contribution in [0.15, 0.2) is 24.3 Å². The van der Waals surface area contributed by atoms with Crippen LogP contribution in [-0.2, 0) is 0 Å². The topological polar surface area (TPSA) is 61.6 Å². The van der Waals surface area contributed by atoms with E-state index in [-0.39, 0.29) is 11.4 Å². The minimum Gasteiger partial charge on any atom is -0.373 e. The fourth-order valence-corrected chi connectivity index (χ4v) is 1.50. The molecule has 1 aromatic heterocycles. The average Bonchev–Trinajstić information content (AvgIpc) is 2.34. The van der Waals surface area contributed by atoms with Gasteiger partial charge in [0.2, 0.25) is 0 Å². The van der Waals surface area contributed by atoms with E-state index >= 15 is 0 Å². The minimum atomic E-state index is -4.36. The van der Waals surface area contributed by atoms with Crippen LogP contribution >= 0.6 is 0 Å². The second-order valence-corrected chi connectivity index (χ2v) is 3.52. The van der Waals surface area contributed by atoms with E-state index in [2.05, 4.69) is 15.5 Å². The molecular weight excluding hydrogens is 245 g/mol. The molecule has 1 N–H and O–H groups in total. The van der Waals surface area contributed by atoms with Crippen molar-refractivity contribution in [3.05, 3.63) is 30.0 Å². The van der Waals surface area contributed by atoms with E-state index in [9.17, 15) is 13.2 Å². The number of aromatic nitrogens is 2. The summed E-state index contributed by atoms with van der Waals surface area (Å²) in [6, 6.07) is 8.27. The Kier molecular flexibility index (Phi) is 3.02. The van der Waals surface area contributed by atoms with Crippen molar-refractivity contribution in [3.8, 4) is 6.07 Å². The van der Waals surface area contributed by atoms with Gasteiger partial charge in [-0.25, -0.2) is 0 Å². The fourth-order valence-electron chi connectivity index (χ4n) is 1.50. The molecule has 18 heavy (non-hydrogen) atoms. The molecule has 0 atom stereocenters. The largest absolute Gasteiger partial charge is 0.405 e. The predicted octanol–water partition coefficient (Wildman–Crippen LogP) is 2.48. The molecule has 7 heteroatoms. The first kappa shape index (κ1) is 12.1. The van der Waals surface area contributed by atoms with Gasteiger partial charge < -0.3 is 5.32 Å². The van der Waals surface area contributed by atoms with Gasteiger partial charge in [0, 0.05) is 5.39 Å². The van der Waals surface area contributed by atoms with Crippen LogP contribution < -0.4 is 5.32 Å². The van der Waals surface area contributed by atoms with Crippen LogP contribution in [0.1, 0.15) is 5.69 Å². The zero-order valence-corrected chi connectivity index (χ0v) is 8.99. The lowest BCUT2D eigenvalue weighted by Crippen LogP contribution is -2.22. The van der Waals surface area contributed by atoms with Crippen molar-refractivity contribution >= 4 is 16.6 Å². The van der Waals surface area contributed by atoms with Crippen molar-refractivity contribution in [2.45, 2.75) is 6.18 Å². The first-order chi connectivity index (χ1) is 8.51. The molecule has 2 rings (SSSR count). The Balaban J connectivity index is 2.49. The molecule has 0 unspecified atom stereocenters. The lowest BCUT2D eigenvalue weighted by atomic mass is 10.1. The third kappa shape index (κ3) is 2.48. The van der Waals surface area contributed by atoms with Gasteiger partial charge >= 0.3 is 6.18 Å². The summed E-state index contributed by atoms with van der Waals surface area (Å²) in [5.74, 6) is 0. The van der Waals surface area contributed by atoms with E-state index in [4.69, 9.17) is 5.26 Å². The molecule has 2 aromatic rings. The quantitative estimate of drug-likeness (QED) is 0.891. The number of nitrogens with zero attached hydrogens (tertiary/aromatic N) is 3. The van der Waals surface area contributed by atoms with Crippen molar-refractivity contribution in [1.29, 1.82) is 5.26 Å². The van der Waals surface area contributed by atoms with Gasteiger partial charge in [-0.05, 0) is 6.07 Å². The van der Waals surface area contributed by atoms with Gasteiger partial charge in [0.15, 0.2) is 5.69 Å². The minimum absolute atomic E-state index is 0.0559. The van der Waals surface area contributed by atoms with Gasteiger partial charge in [-0.15, -0.1) is 10.2 Å². The molecule has 92 valence electrons. The van der Waals surface area contributed by atoms with Crippen molar-refractivity contribution in [3.63, 3.8) is 0 Å². The molecular formula is C11H7F3N4. The molecule has 0 saturated carbocycles. The van der Waals surface area contributed by atoms with E-state index in [0.717, 1.165) is 0 Å². The van der Waals surface area contributed by atoms with Crippen LogP contribution in [0.3, 0.4) is 0 Å². The van der Waals surface area contributed by atoms with Gasteiger partial charge in [0.1, 0.15) is 12.6 Å². The molecule has 0 aliphatic heterocycles. The molecule has 0 bridgehead atoms. The van der Waals surface area contributed by atoms with E-state index in [1.54, 1.807) is 30.3 Å². The maximum Gasteiger partial charge on any atom is 0.405 e. The first-order valence-electron chi connectivity index (χ1n) is 4.97. The predicted molar refractivity (Wildman–Crippen MR) is 58.8 cm³/mol. The van der Waals surface area contributed by atoms with E-state index in [0.29, 0.717) is 10.9 Å². The third-order valence-corrected chi connectivity index (χ3v) is 2.24. The zero-order chi connectivity index (χ0) is 13.2. The second kappa shape index (κ2) is 4.49. The maximum atomic E-state index is 12.2. The van der Waals surface area contributed by atoms with Crippen molar-refractivity contribution in [1.82, 2.24) is 10.2 Å². The van der Waals surface area contributed by atoms with Crippen molar-refractivity contribution in [2.75, 3.05) is 11.9 Å². The van der Waals surface area contributed by atoms with Crippen LogP contribution in [0.4, 0.5) is 18.9 Å². The summed E-state index contributed by atoms with van der Waals surface area (Å²) in [5.41, 5.74) is 0.333. The number of hydrogen-bond donors (Lipinski definition) is 1. The smallest absolute Gasteiger partial charge is 0.373 e. The number of fused-ring (bicyclic) bond motifs is 1. The number of alkyl halides is 3. The highest BCUT2D eigenvalue weighted by Gasteiger charge is 2.27. The van der Waals surface area contributed by atoms with E-state index < -0.39 is 12.7 Å². The Bertz CT molecular complexity index is 616. The van der Waals surface area contributed by atoms with Crippen molar-refractivity contribution < 1.29 is 13.2 Å². The normalized spacial score (nSPS) is 11.2. The molecule has 0 aliphatic carbocycles. The average molecular weight is 252 g/mol. The number of halogens is 3. The molecule has 0 radical (unpaired) electrons. The van der Waals surface area contributed by atoms with Gasteiger partial charge in [-0.3, -0.25) is 0 Å². The van der Waals surface area contributed by atoms with Gasteiger partial charge in [-0.2, -0.15) is 18.4 Å². The van der Waals surface area contributed by atoms with Crippen LogP contribution in [0, 0.1) is 11.3 Å². The summed E-state index contributed by atoms with van der Waals surface area (Å²) >= 11 is 0. The summed E-state index contributed by atoms with van der Waals surface area (Å²) in [6.45, 7) is -1.22. The molecule has 1 heterocycles. The SMILES string of the molecule is N#Cc1nnc2ccccc2c1NCC(F)(F)F. The van der Waals surface area contributed by atoms with Gasteiger partial charge in [-0.1, -0.05) is 18.2 Å². The summed E-state index contributed by atoms with van der Waals surface area (Å²) < 4.78 is 36.6. The molecule has 0 spiro atoms. The first-order valence-corrected chi connectivity index (χ1v) is 4.97. The summed E-state index contributed by atoms with van der Waals surface area (Å²) in [5, 5.41) is 18.8. The number of benzene rings is 1. The molecule has 0 amide bonds. The second-order valence-electron chi connectivity index (χ2n) is 3.52. The lowest BCUT2D eigenvalue weighted by molar-refractivity contribution is -0.115. The van der Waals surface area contributed by atoms with Crippen LogP contribution in [-0.4, -0.2) is 22.9 Å². The Morgan fingerprint density at radius 2 is 1.94 bits per heavy atom. The Labute approximate surface area is 100 Å². The van der Waals surface area contributed by atoms with Crippen LogP contribution in [0.5, 0.6) is 0 Å². The summed E-state index contributed by atoms with van der Waals surface area (Å²) in [7, 11) is 0. The molecule has 0 aliphatic rings. The highest BCUT2D eigenvalue weighted by Crippen LogP contribution is 2.25. The van der Waals surface area contributed by atoms with E-state index in [1.807, 2.05) is 0 Å². The fraction of sp³-hybridized carbons (Fsp3) is 0.182. The lowest BCUT2D eigenvalue weighted by Gasteiger charge is -2.12. The van der Waals surface area contributed by atoms with E-state index in [1.165, 1.54) is 0 Å². The Hall–Kier alpha value is -2.36. The Morgan fingerprint density at radius 3 is 2.61 bits per heavy atom. The number of anilines is 1. The van der Waals surface area contributed by atoms with Crippen molar-refractivity contribution in [2.24, 2.45) is 0 Å². The highest BCUT2D eigenvalue weighted by atomic mass is 19.4. The van der Waals surface area contributed by atoms with Gasteiger partial charge in [0.25, 0.3) is 0 Å². The van der Waals surface area contributed by atoms with Gasteiger partial charge in [0.05, 0.1) is 11.2 Å².